The lowest BCUT2D eigenvalue weighted by molar-refractivity contribution is -0.343. The summed E-state index contributed by atoms with van der Waals surface area (Å²) >= 11 is 0. The third kappa shape index (κ3) is 6.21. The maximum absolute atomic E-state index is 14.6. The molecule has 5 rings (SSSR count). The van der Waals surface area contributed by atoms with Gasteiger partial charge in [0.1, 0.15) is 36.1 Å². The van der Waals surface area contributed by atoms with Crippen LogP contribution in [0.5, 0.6) is 0 Å². The number of hydrogen-bond acceptors (Lipinski definition) is 13. The molecule has 2 saturated carbocycles. The van der Waals surface area contributed by atoms with Gasteiger partial charge in [-0.3, -0.25) is 4.79 Å². The van der Waals surface area contributed by atoms with E-state index in [0.717, 1.165) is 0 Å². The molecule has 52 heavy (non-hydrogen) atoms. The summed E-state index contributed by atoms with van der Waals surface area (Å²) in [4.78, 5) is 54.5. The van der Waals surface area contributed by atoms with E-state index in [0.29, 0.717) is 0 Å². The van der Waals surface area contributed by atoms with Crippen molar-refractivity contribution in [3.05, 3.63) is 47.0 Å². The summed E-state index contributed by atoms with van der Waals surface area (Å²) in [6.07, 6.45) is -5.76. The molecule has 3 aliphatic carbocycles. The van der Waals surface area contributed by atoms with Crippen molar-refractivity contribution in [1.29, 1.82) is 0 Å². The quantitative estimate of drug-likeness (QED) is 0.0694. The number of aliphatic hydroxyl groups is 5. The molecule has 0 radical (unpaired) electrons. The molecule has 0 aromatic heterocycles. The van der Waals surface area contributed by atoms with Gasteiger partial charge in [-0.2, -0.15) is 0 Å². The Morgan fingerprint density at radius 2 is 1.75 bits per heavy atom. The SMILES string of the molecule is C#CCCOC(=O)NC(C(C)C)C(O)C(=O)OC1CC2(O)C(OC(=O)c3ccccc3)C3[C@]4(O)COC4CC(O)[C@@]3(C)C(=O)C(O)C(=C1C)C2(C)C. The van der Waals surface area contributed by atoms with Crippen LogP contribution in [0.3, 0.4) is 0 Å². The largest absolute Gasteiger partial charge is 0.456 e. The van der Waals surface area contributed by atoms with Crippen LogP contribution in [0.25, 0.3) is 0 Å². The molecule has 1 aliphatic heterocycles. The van der Waals surface area contributed by atoms with E-state index in [9.17, 15) is 44.7 Å². The van der Waals surface area contributed by atoms with Crippen LogP contribution < -0.4 is 5.32 Å². The average Bonchev–Trinajstić information content (AvgIpc) is 3.09. The van der Waals surface area contributed by atoms with Crippen LogP contribution in [0.2, 0.25) is 0 Å². The Balaban J connectivity index is 1.60. The number of esters is 2. The van der Waals surface area contributed by atoms with Crippen molar-refractivity contribution in [3.8, 4) is 12.3 Å². The number of ether oxygens (including phenoxy) is 4. The number of aliphatic hydroxyl groups excluding tert-OH is 3. The molecule has 6 N–H and O–H groups in total. The maximum atomic E-state index is 14.6. The fourth-order valence-corrected chi connectivity index (χ4v) is 8.72. The van der Waals surface area contributed by atoms with Gasteiger partial charge in [-0.05, 0) is 43.0 Å². The van der Waals surface area contributed by atoms with Gasteiger partial charge in [-0.15, -0.1) is 12.3 Å². The smallest absolute Gasteiger partial charge is 0.407 e. The summed E-state index contributed by atoms with van der Waals surface area (Å²) in [7, 11) is 0. The number of Topliss-reactive ketones (excluding diaryl/α,β-unsaturated/α-hetero) is 1. The predicted octanol–water partition coefficient (Wildman–Crippen LogP) is 1.20. The van der Waals surface area contributed by atoms with Crippen molar-refractivity contribution in [1.82, 2.24) is 5.32 Å². The predicted molar refractivity (Wildman–Crippen MR) is 182 cm³/mol. The Bertz CT molecular complexity index is 1650. The van der Waals surface area contributed by atoms with E-state index in [4.69, 9.17) is 25.4 Å². The van der Waals surface area contributed by atoms with Crippen molar-refractivity contribution >= 4 is 23.8 Å². The van der Waals surface area contributed by atoms with Gasteiger partial charge in [0.2, 0.25) is 0 Å². The Morgan fingerprint density at radius 1 is 1.10 bits per heavy atom. The number of nitrogens with one attached hydrogen (secondary N) is 1. The normalized spacial score (nSPS) is 36.0. The number of fused-ring (bicyclic) bond motifs is 5. The number of benzene rings is 1. The minimum atomic E-state index is -2.29. The minimum Gasteiger partial charge on any atom is -0.456 e. The number of rotatable bonds is 9. The second-order valence-electron chi connectivity index (χ2n) is 15.5. The zero-order chi connectivity index (χ0) is 38.6. The van der Waals surface area contributed by atoms with E-state index in [1.807, 2.05) is 0 Å². The maximum Gasteiger partial charge on any atom is 0.407 e. The van der Waals surface area contributed by atoms with Crippen LogP contribution in [-0.2, 0) is 28.5 Å². The molecule has 14 nitrogen and oxygen atoms in total. The van der Waals surface area contributed by atoms with E-state index >= 15 is 0 Å². The molecule has 1 aromatic carbocycles. The third-order valence-corrected chi connectivity index (χ3v) is 11.9. The van der Waals surface area contributed by atoms with Gasteiger partial charge in [-0.1, -0.05) is 45.9 Å². The number of alkyl carbamates (subject to hydrolysis) is 1. The molecule has 0 spiro atoms. The number of terminal acetylenes is 1. The van der Waals surface area contributed by atoms with Gasteiger partial charge >= 0.3 is 18.0 Å². The highest BCUT2D eigenvalue weighted by Gasteiger charge is 2.76. The van der Waals surface area contributed by atoms with Gasteiger partial charge in [0.05, 0.1) is 35.8 Å². The van der Waals surface area contributed by atoms with Crippen LogP contribution >= 0.6 is 0 Å². The summed E-state index contributed by atoms with van der Waals surface area (Å²) in [5.41, 5.74) is -7.49. The molecule has 2 bridgehead atoms. The second-order valence-corrected chi connectivity index (χ2v) is 15.5. The molecule has 11 atom stereocenters. The number of hydrogen-bond donors (Lipinski definition) is 6. The second kappa shape index (κ2) is 14.2. The Kier molecular flexibility index (Phi) is 10.7. The fraction of sp³-hybridized carbons (Fsp3) is 0.632. The summed E-state index contributed by atoms with van der Waals surface area (Å²) in [5.74, 6) is -2.68. The first-order chi connectivity index (χ1) is 24.3. The molecular weight excluding hydrogens is 678 g/mol. The lowest BCUT2D eigenvalue weighted by Gasteiger charge is -2.66. The zero-order valence-corrected chi connectivity index (χ0v) is 30.2. The summed E-state index contributed by atoms with van der Waals surface area (Å²) < 4.78 is 22.6. The van der Waals surface area contributed by atoms with Crippen LogP contribution in [0.4, 0.5) is 4.79 Å². The molecule has 1 saturated heterocycles. The van der Waals surface area contributed by atoms with Crippen molar-refractivity contribution in [2.24, 2.45) is 22.7 Å². The fourth-order valence-electron chi connectivity index (χ4n) is 8.72. The minimum absolute atomic E-state index is 0.0410. The van der Waals surface area contributed by atoms with E-state index in [-0.39, 0.29) is 42.8 Å². The Hall–Kier alpha value is -3.84. The standard InChI is InChI=1S/C38H49NO13/c1-8-9-15-49-34(46)39-26(19(2)3)28(42)33(45)51-22-17-38(48)31(52-32(44)21-13-11-10-12-14-21)29-36(7,23(40)16-24-37(29,47)18-50-24)30(43)27(41)25(20(22)4)35(38,5)6/h1,10-14,19,22-24,26-29,31,40-42,47-48H,9,15-18H2,2-7H3,(H,39,46)/t22?,23?,24?,26?,27?,28?,29?,31?,36-,37+,38?/m1/s1. The van der Waals surface area contributed by atoms with Crippen molar-refractivity contribution < 1.29 is 63.7 Å². The average molecular weight is 728 g/mol. The monoisotopic (exact) mass is 727 g/mol. The molecule has 284 valence electrons. The first-order valence-corrected chi connectivity index (χ1v) is 17.5. The molecule has 1 amide bonds. The third-order valence-electron chi connectivity index (χ3n) is 11.9. The summed E-state index contributed by atoms with van der Waals surface area (Å²) in [6.45, 7) is 8.86. The Labute approximate surface area is 302 Å². The number of carbonyl (C=O) groups is 4. The van der Waals surface area contributed by atoms with Crippen molar-refractivity contribution in [2.45, 2.75) is 115 Å². The first-order valence-electron chi connectivity index (χ1n) is 17.5. The van der Waals surface area contributed by atoms with Gasteiger partial charge in [-0.25, -0.2) is 14.4 Å². The molecular formula is C38H49NO13. The van der Waals surface area contributed by atoms with Gasteiger partial charge in [0, 0.05) is 30.6 Å². The summed E-state index contributed by atoms with van der Waals surface area (Å²) in [6, 6.07) is 6.68. The number of carbonyl (C=O) groups excluding carboxylic acids is 4. The highest BCUT2D eigenvalue weighted by Crippen LogP contribution is 2.63. The highest BCUT2D eigenvalue weighted by molar-refractivity contribution is 5.94. The molecule has 9 unspecified atom stereocenters. The van der Waals surface area contributed by atoms with Gasteiger partial charge in [0.25, 0.3) is 0 Å². The van der Waals surface area contributed by atoms with E-state index in [2.05, 4.69) is 11.2 Å². The van der Waals surface area contributed by atoms with Crippen molar-refractivity contribution in [3.63, 3.8) is 0 Å². The van der Waals surface area contributed by atoms with Crippen LogP contribution in [0.15, 0.2) is 41.5 Å². The van der Waals surface area contributed by atoms with Crippen molar-refractivity contribution in [2.75, 3.05) is 13.2 Å². The topological polar surface area (TPSA) is 218 Å². The number of ketones is 1. The highest BCUT2D eigenvalue weighted by atomic mass is 16.6. The summed E-state index contributed by atoms with van der Waals surface area (Å²) in [5, 5.41) is 62.4. The molecule has 3 fully saturated rings. The van der Waals surface area contributed by atoms with Gasteiger partial charge in [0.15, 0.2) is 11.9 Å². The van der Waals surface area contributed by atoms with Crippen LogP contribution in [-0.4, -0.2) is 116 Å². The van der Waals surface area contributed by atoms with E-state index < -0.39 is 107 Å². The lowest BCUT2D eigenvalue weighted by Crippen LogP contribution is -2.81. The van der Waals surface area contributed by atoms with E-state index in [1.54, 1.807) is 45.9 Å². The molecule has 4 aliphatic rings. The Morgan fingerprint density at radius 3 is 2.33 bits per heavy atom. The number of amides is 1. The lowest BCUT2D eigenvalue weighted by atomic mass is 9.44. The van der Waals surface area contributed by atoms with Crippen LogP contribution in [0, 0.1) is 35.0 Å². The van der Waals surface area contributed by atoms with Crippen LogP contribution in [0.1, 0.15) is 71.2 Å². The molecule has 14 heteroatoms. The molecule has 1 heterocycles. The molecule has 1 aromatic rings. The first kappa shape index (κ1) is 39.4. The zero-order valence-electron chi connectivity index (χ0n) is 30.2. The van der Waals surface area contributed by atoms with E-state index in [1.165, 1.54) is 26.0 Å². The van der Waals surface area contributed by atoms with Gasteiger partial charge < -0.3 is 49.8 Å².